The second kappa shape index (κ2) is 4.90. The Bertz CT molecular complexity index is 372. The van der Waals surface area contributed by atoms with Gasteiger partial charge in [-0.05, 0) is 18.6 Å². The highest BCUT2D eigenvalue weighted by molar-refractivity contribution is 7.06. The van der Waals surface area contributed by atoms with E-state index in [-0.39, 0.29) is 0 Å². The first-order chi connectivity index (χ1) is 7.66. The molecule has 5 nitrogen and oxygen atoms in total. The van der Waals surface area contributed by atoms with E-state index in [2.05, 4.69) is 21.2 Å². The van der Waals surface area contributed by atoms with Gasteiger partial charge in [0, 0.05) is 32.7 Å². The van der Waals surface area contributed by atoms with Gasteiger partial charge in [-0.3, -0.25) is 4.90 Å². The van der Waals surface area contributed by atoms with Crippen LogP contribution in [0.25, 0.3) is 0 Å². The van der Waals surface area contributed by atoms with Gasteiger partial charge in [-0.1, -0.05) is 0 Å². The van der Waals surface area contributed by atoms with Gasteiger partial charge in [0.05, 0.1) is 16.6 Å². The van der Waals surface area contributed by atoms with Gasteiger partial charge in [0.25, 0.3) is 0 Å². The molecular weight excluding hydrogens is 226 g/mol. The number of piperazine rings is 1. The molecule has 1 aromatic heterocycles. The zero-order chi connectivity index (χ0) is 11.5. The third-order valence-corrected chi connectivity index (χ3v) is 3.62. The van der Waals surface area contributed by atoms with E-state index >= 15 is 0 Å². The number of likely N-dealkylation sites (N-methyl/N-ethyl adjacent to an activating group) is 1. The van der Waals surface area contributed by atoms with Crippen molar-refractivity contribution in [3.05, 3.63) is 16.6 Å². The second-order valence-corrected chi connectivity index (χ2v) is 4.93. The van der Waals surface area contributed by atoms with E-state index < -0.39 is 5.97 Å². The molecule has 2 rings (SSSR count). The maximum absolute atomic E-state index is 10.9. The second-order valence-electron chi connectivity index (χ2n) is 4.05. The van der Waals surface area contributed by atoms with Crippen LogP contribution in [-0.2, 0) is 6.54 Å². The summed E-state index contributed by atoms with van der Waals surface area (Å²) in [7, 11) is 2.10. The minimum Gasteiger partial charge on any atom is -0.478 e. The minimum atomic E-state index is -0.877. The average Bonchev–Trinajstić information content (AvgIpc) is 2.69. The summed E-state index contributed by atoms with van der Waals surface area (Å²) in [6.45, 7) is 4.78. The fraction of sp³-hybridized carbons (Fsp3) is 0.600. The van der Waals surface area contributed by atoms with Crippen LogP contribution in [0, 0.1) is 0 Å². The summed E-state index contributed by atoms with van der Waals surface area (Å²) < 4.78 is 3.95. The van der Waals surface area contributed by atoms with Gasteiger partial charge in [-0.15, -0.1) is 0 Å². The van der Waals surface area contributed by atoms with Crippen LogP contribution in [0.15, 0.2) is 6.20 Å². The first-order valence-corrected chi connectivity index (χ1v) is 6.02. The molecule has 0 bridgehead atoms. The number of carbonyl (C=O) groups is 1. The normalized spacial score (nSPS) is 18.8. The van der Waals surface area contributed by atoms with Crippen LogP contribution < -0.4 is 0 Å². The van der Waals surface area contributed by atoms with E-state index in [1.165, 1.54) is 17.7 Å². The number of aromatic carboxylic acids is 1. The van der Waals surface area contributed by atoms with Gasteiger partial charge < -0.3 is 10.0 Å². The average molecular weight is 241 g/mol. The summed E-state index contributed by atoms with van der Waals surface area (Å²) in [5.74, 6) is -0.877. The molecular formula is C10H15N3O2S. The van der Waals surface area contributed by atoms with Crippen molar-refractivity contribution >= 4 is 17.5 Å². The molecule has 1 saturated heterocycles. The number of rotatable bonds is 3. The lowest BCUT2D eigenvalue weighted by molar-refractivity contribution is 0.0694. The summed E-state index contributed by atoms with van der Waals surface area (Å²) in [6.07, 6.45) is 1.44. The standard InChI is InChI=1S/C10H15N3O2S/c1-12-2-4-13(5-3-12)7-9-8(10(14)15)6-11-16-9/h6H,2-5,7H2,1H3,(H,14,15). The van der Waals surface area contributed by atoms with Gasteiger partial charge in [-0.25, -0.2) is 4.79 Å². The predicted molar refractivity (Wildman–Crippen MR) is 61.8 cm³/mol. The molecule has 1 aliphatic heterocycles. The monoisotopic (exact) mass is 241 g/mol. The lowest BCUT2D eigenvalue weighted by atomic mass is 10.2. The summed E-state index contributed by atoms with van der Waals surface area (Å²) in [5.41, 5.74) is 0.351. The lowest BCUT2D eigenvalue weighted by Crippen LogP contribution is -2.43. The number of carboxylic acid groups (broad SMARTS) is 1. The fourth-order valence-electron chi connectivity index (χ4n) is 1.76. The maximum atomic E-state index is 10.9. The molecule has 1 aromatic rings. The largest absolute Gasteiger partial charge is 0.478 e. The molecule has 6 heteroatoms. The first-order valence-electron chi connectivity index (χ1n) is 5.24. The molecule has 0 saturated carbocycles. The van der Waals surface area contributed by atoms with Crippen LogP contribution in [0.3, 0.4) is 0 Å². The zero-order valence-corrected chi connectivity index (χ0v) is 10.0. The zero-order valence-electron chi connectivity index (χ0n) is 9.22. The predicted octanol–water partition coefficient (Wildman–Crippen LogP) is 0.589. The van der Waals surface area contributed by atoms with Crippen molar-refractivity contribution in [1.82, 2.24) is 14.2 Å². The van der Waals surface area contributed by atoms with Gasteiger partial charge in [0.1, 0.15) is 0 Å². The molecule has 0 spiro atoms. The molecule has 1 fully saturated rings. The summed E-state index contributed by atoms with van der Waals surface area (Å²) in [6, 6.07) is 0. The Hall–Kier alpha value is -0.980. The van der Waals surface area contributed by atoms with Crippen LogP contribution in [0.1, 0.15) is 15.2 Å². The number of nitrogens with zero attached hydrogens (tertiary/aromatic N) is 3. The third kappa shape index (κ3) is 2.58. The molecule has 2 heterocycles. The van der Waals surface area contributed by atoms with Gasteiger partial charge in [0.2, 0.25) is 0 Å². The maximum Gasteiger partial charge on any atom is 0.338 e. The van der Waals surface area contributed by atoms with Gasteiger partial charge in [0.15, 0.2) is 0 Å². The van der Waals surface area contributed by atoms with E-state index in [0.717, 1.165) is 31.1 Å². The molecule has 1 aliphatic rings. The third-order valence-electron chi connectivity index (χ3n) is 2.84. The number of hydrogen-bond acceptors (Lipinski definition) is 5. The number of carboxylic acids is 1. The Morgan fingerprint density at radius 1 is 1.50 bits per heavy atom. The molecule has 0 atom stereocenters. The highest BCUT2D eigenvalue weighted by Crippen LogP contribution is 2.17. The van der Waals surface area contributed by atoms with E-state index in [1.807, 2.05) is 0 Å². The number of hydrogen-bond donors (Lipinski definition) is 1. The molecule has 0 unspecified atom stereocenters. The van der Waals surface area contributed by atoms with Gasteiger partial charge in [-0.2, -0.15) is 4.37 Å². The van der Waals surface area contributed by atoms with Crippen molar-refractivity contribution in [1.29, 1.82) is 0 Å². The molecule has 0 aliphatic carbocycles. The highest BCUT2D eigenvalue weighted by atomic mass is 32.1. The quantitative estimate of drug-likeness (QED) is 0.839. The summed E-state index contributed by atoms with van der Waals surface area (Å²) in [5, 5.41) is 8.97. The summed E-state index contributed by atoms with van der Waals surface area (Å²) in [4.78, 5) is 16.3. The van der Waals surface area contributed by atoms with Crippen molar-refractivity contribution in [2.45, 2.75) is 6.54 Å². The number of aromatic nitrogens is 1. The van der Waals surface area contributed by atoms with E-state index in [4.69, 9.17) is 5.11 Å². The van der Waals surface area contributed by atoms with E-state index in [0.29, 0.717) is 12.1 Å². The van der Waals surface area contributed by atoms with E-state index in [9.17, 15) is 4.79 Å². The SMILES string of the molecule is CN1CCN(Cc2sncc2C(=O)O)CC1. The molecule has 88 valence electrons. The van der Waals surface area contributed by atoms with Crippen LogP contribution in [-0.4, -0.2) is 58.5 Å². The molecule has 1 N–H and O–H groups in total. The Morgan fingerprint density at radius 2 is 2.19 bits per heavy atom. The van der Waals surface area contributed by atoms with Crippen molar-refractivity contribution in [3.63, 3.8) is 0 Å². The minimum absolute atomic E-state index is 0.351. The molecule has 16 heavy (non-hydrogen) atoms. The molecule has 0 amide bonds. The van der Waals surface area contributed by atoms with Crippen molar-refractivity contribution in [3.8, 4) is 0 Å². The van der Waals surface area contributed by atoms with E-state index in [1.54, 1.807) is 0 Å². The van der Waals surface area contributed by atoms with Crippen LogP contribution in [0.4, 0.5) is 0 Å². The topological polar surface area (TPSA) is 56.7 Å². The Balaban J connectivity index is 1.98. The smallest absolute Gasteiger partial charge is 0.338 e. The van der Waals surface area contributed by atoms with Crippen molar-refractivity contribution in [2.75, 3.05) is 33.2 Å². The Kier molecular flexibility index (Phi) is 3.52. The Morgan fingerprint density at radius 3 is 2.81 bits per heavy atom. The van der Waals surface area contributed by atoms with Crippen molar-refractivity contribution < 1.29 is 9.90 Å². The highest BCUT2D eigenvalue weighted by Gasteiger charge is 2.18. The Labute approximate surface area is 98.5 Å². The lowest BCUT2D eigenvalue weighted by Gasteiger charge is -2.31. The first kappa shape index (κ1) is 11.5. The van der Waals surface area contributed by atoms with Gasteiger partial charge >= 0.3 is 5.97 Å². The molecule has 0 radical (unpaired) electrons. The summed E-state index contributed by atoms with van der Waals surface area (Å²) >= 11 is 1.29. The van der Waals surface area contributed by atoms with Crippen LogP contribution in [0.2, 0.25) is 0 Å². The van der Waals surface area contributed by atoms with Crippen LogP contribution >= 0.6 is 11.5 Å². The fourth-order valence-corrected chi connectivity index (χ4v) is 2.53. The molecule has 0 aromatic carbocycles. The van der Waals surface area contributed by atoms with Crippen LogP contribution in [0.5, 0.6) is 0 Å². The van der Waals surface area contributed by atoms with Crippen molar-refractivity contribution in [2.24, 2.45) is 0 Å².